The van der Waals surface area contributed by atoms with Crippen molar-refractivity contribution in [3.05, 3.63) is 29.8 Å². The van der Waals surface area contributed by atoms with E-state index in [1.54, 1.807) is 31.3 Å². The van der Waals surface area contributed by atoms with Crippen molar-refractivity contribution in [3.63, 3.8) is 0 Å². The molecule has 1 aromatic carbocycles. The summed E-state index contributed by atoms with van der Waals surface area (Å²) in [6.07, 6.45) is 1.59. The Balaban J connectivity index is 1.94. The van der Waals surface area contributed by atoms with Crippen LogP contribution in [0.15, 0.2) is 29.2 Å². The number of nitrogens with zero attached hydrogens (tertiary/aromatic N) is 1. The smallest absolute Gasteiger partial charge is 0.243 e. The van der Waals surface area contributed by atoms with Crippen molar-refractivity contribution in [3.8, 4) is 0 Å². The van der Waals surface area contributed by atoms with Gasteiger partial charge < -0.3 is 15.8 Å². The molecule has 0 bridgehead atoms. The summed E-state index contributed by atoms with van der Waals surface area (Å²) in [5.41, 5.74) is 6.87. The molecule has 7 nitrogen and oxygen atoms in total. The molecule has 26 heavy (non-hydrogen) atoms. The average molecular weight is 384 g/mol. The highest BCUT2D eigenvalue weighted by atomic mass is 32.2. The Labute approximate surface area is 155 Å². The fourth-order valence-corrected chi connectivity index (χ4v) is 4.19. The van der Waals surface area contributed by atoms with Gasteiger partial charge >= 0.3 is 0 Å². The summed E-state index contributed by atoms with van der Waals surface area (Å²) in [4.78, 5) is 12.5. The second kappa shape index (κ2) is 8.94. The third kappa shape index (κ3) is 5.03. The highest BCUT2D eigenvalue weighted by molar-refractivity contribution is 7.89. The summed E-state index contributed by atoms with van der Waals surface area (Å²) >= 11 is 0. The lowest BCUT2D eigenvalue weighted by Crippen LogP contribution is -2.46. The van der Waals surface area contributed by atoms with Gasteiger partial charge in [0.25, 0.3) is 0 Å². The number of hydrogen-bond donors (Lipinski definition) is 2. The summed E-state index contributed by atoms with van der Waals surface area (Å²) in [6.45, 7) is 5.25. The molecule has 1 aliphatic rings. The zero-order valence-electron chi connectivity index (χ0n) is 15.6. The van der Waals surface area contributed by atoms with Gasteiger partial charge in [-0.2, -0.15) is 4.31 Å². The quantitative estimate of drug-likeness (QED) is 0.734. The van der Waals surface area contributed by atoms with Gasteiger partial charge in [-0.05, 0) is 50.3 Å². The van der Waals surface area contributed by atoms with Crippen molar-refractivity contribution in [2.45, 2.75) is 50.2 Å². The van der Waals surface area contributed by atoms with E-state index in [9.17, 15) is 13.2 Å². The molecule has 1 heterocycles. The number of nitrogens with two attached hydrogens (primary N) is 1. The van der Waals surface area contributed by atoms with Gasteiger partial charge in [0.2, 0.25) is 15.9 Å². The molecule has 8 heteroatoms. The fourth-order valence-electron chi connectivity index (χ4n) is 2.82. The van der Waals surface area contributed by atoms with E-state index < -0.39 is 16.1 Å². The Kier molecular flexibility index (Phi) is 7.16. The van der Waals surface area contributed by atoms with Gasteiger partial charge in [-0.25, -0.2) is 8.42 Å². The molecule has 0 saturated carbocycles. The van der Waals surface area contributed by atoms with Gasteiger partial charge in [-0.1, -0.05) is 12.1 Å². The second-order valence-electron chi connectivity index (χ2n) is 6.95. The fraction of sp³-hybridized carbons (Fsp3) is 0.611. The first-order chi connectivity index (χ1) is 12.2. The van der Waals surface area contributed by atoms with Crippen molar-refractivity contribution >= 4 is 15.9 Å². The molecule has 1 aromatic rings. The molecule has 1 amide bonds. The maximum Gasteiger partial charge on any atom is 0.243 e. The Morgan fingerprint density at radius 2 is 1.85 bits per heavy atom. The molecule has 1 aliphatic heterocycles. The maximum absolute atomic E-state index is 12.4. The summed E-state index contributed by atoms with van der Waals surface area (Å²) in [6, 6.07) is 5.88. The molecule has 0 spiro atoms. The number of hydrogen-bond acceptors (Lipinski definition) is 5. The molecular weight excluding hydrogens is 354 g/mol. The van der Waals surface area contributed by atoms with Crippen LogP contribution in [0.1, 0.15) is 32.3 Å². The molecule has 1 fully saturated rings. The topological polar surface area (TPSA) is 102 Å². The molecule has 1 unspecified atom stereocenters. The Bertz CT molecular complexity index is 698. The standard InChI is InChI=1S/C18H29N3O4S/c1-13(2)21(3)26(23,24)16-6-4-14(5-7-16)12-20-18(22)17(19)15-8-10-25-11-9-15/h4-7,13,15,17H,8-12,19H2,1-3H3,(H,20,22). The predicted octanol–water partition coefficient (Wildman–Crippen LogP) is 1.09. The molecule has 3 N–H and O–H groups in total. The number of amides is 1. The minimum absolute atomic E-state index is 0.120. The Hall–Kier alpha value is -1.48. The minimum atomic E-state index is -3.50. The number of carbonyl (C=O) groups excluding carboxylic acids is 1. The van der Waals surface area contributed by atoms with E-state index in [2.05, 4.69) is 5.32 Å². The third-order valence-corrected chi connectivity index (χ3v) is 6.92. The molecule has 0 aromatic heterocycles. The van der Waals surface area contributed by atoms with Gasteiger partial charge in [-0.15, -0.1) is 0 Å². The lowest BCUT2D eigenvalue weighted by Gasteiger charge is -2.26. The lowest BCUT2D eigenvalue weighted by molar-refractivity contribution is -0.124. The molecule has 0 aliphatic carbocycles. The van der Waals surface area contributed by atoms with Crippen LogP contribution in [0.25, 0.3) is 0 Å². The van der Waals surface area contributed by atoms with E-state index in [0.717, 1.165) is 18.4 Å². The third-order valence-electron chi connectivity index (χ3n) is 4.87. The summed E-state index contributed by atoms with van der Waals surface area (Å²) in [5, 5.41) is 2.83. The van der Waals surface area contributed by atoms with Crippen LogP contribution >= 0.6 is 0 Å². The largest absolute Gasteiger partial charge is 0.381 e. The normalized spacial score (nSPS) is 17.5. The lowest BCUT2D eigenvalue weighted by atomic mass is 9.92. The van der Waals surface area contributed by atoms with Crippen LogP contribution in [0.5, 0.6) is 0 Å². The van der Waals surface area contributed by atoms with E-state index in [1.807, 2.05) is 13.8 Å². The van der Waals surface area contributed by atoms with Gasteiger partial charge in [0, 0.05) is 32.8 Å². The van der Waals surface area contributed by atoms with E-state index >= 15 is 0 Å². The number of sulfonamides is 1. The van der Waals surface area contributed by atoms with E-state index in [-0.39, 0.29) is 22.8 Å². The first kappa shape index (κ1) is 20.8. The van der Waals surface area contributed by atoms with Crippen molar-refractivity contribution in [2.75, 3.05) is 20.3 Å². The summed E-state index contributed by atoms with van der Waals surface area (Å²) < 4.78 is 31.5. The van der Waals surface area contributed by atoms with Crippen molar-refractivity contribution in [1.82, 2.24) is 9.62 Å². The van der Waals surface area contributed by atoms with E-state index in [1.165, 1.54) is 4.31 Å². The average Bonchev–Trinajstić information content (AvgIpc) is 2.65. The van der Waals surface area contributed by atoms with Crippen LogP contribution < -0.4 is 11.1 Å². The molecule has 146 valence electrons. The Morgan fingerprint density at radius 1 is 1.27 bits per heavy atom. The number of carbonyl (C=O) groups is 1. The number of rotatable bonds is 7. The molecule has 1 atom stereocenters. The molecular formula is C18H29N3O4S. The Morgan fingerprint density at radius 3 is 2.38 bits per heavy atom. The summed E-state index contributed by atoms with van der Waals surface area (Å²) in [7, 11) is -1.94. The van der Waals surface area contributed by atoms with Crippen LogP contribution in [0, 0.1) is 5.92 Å². The van der Waals surface area contributed by atoms with Gasteiger partial charge in [0.15, 0.2) is 0 Å². The zero-order chi connectivity index (χ0) is 19.3. The van der Waals surface area contributed by atoms with Crippen molar-refractivity contribution < 1.29 is 17.9 Å². The first-order valence-corrected chi connectivity index (χ1v) is 10.4. The maximum atomic E-state index is 12.4. The zero-order valence-corrected chi connectivity index (χ0v) is 16.5. The highest BCUT2D eigenvalue weighted by Crippen LogP contribution is 2.19. The van der Waals surface area contributed by atoms with Gasteiger partial charge in [-0.3, -0.25) is 4.79 Å². The number of nitrogens with one attached hydrogen (secondary N) is 1. The first-order valence-electron chi connectivity index (χ1n) is 8.91. The molecule has 2 rings (SSSR count). The molecule has 0 radical (unpaired) electrons. The van der Waals surface area contributed by atoms with E-state index in [0.29, 0.717) is 19.8 Å². The predicted molar refractivity (Wildman–Crippen MR) is 99.9 cm³/mol. The number of ether oxygens (including phenoxy) is 1. The minimum Gasteiger partial charge on any atom is -0.381 e. The van der Waals surface area contributed by atoms with Crippen LogP contribution in [-0.2, 0) is 26.1 Å². The van der Waals surface area contributed by atoms with Gasteiger partial charge in [0.1, 0.15) is 0 Å². The van der Waals surface area contributed by atoms with Crippen LogP contribution in [0.3, 0.4) is 0 Å². The monoisotopic (exact) mass is 383 g/mol. The van der Waals surface area contributed by atoms with Crippen molar-refractivity contribution in [2.24, 2.45) is 11.7 Å². The van der Waals surface area contributed by atoms with E-state index in [4.69, 9.17) is 10.5 Å². The van der Waals surface area contributed by atoms with Crippen molar-refractivity contribution in [1.29, 1.82) is 0 Å². The number of benzene rings is 1. The van der Waals surface area contributed by atoms with Crippen LogP contribution in [-0.4, -0.2) is 51.0 Å². The summed E-state index contributed by atoms with van der Waals surface area (Å²) in [5.74, 6) is -0.0454. The SMILES string of the molecule is CC(C)N(C)S(=O)(=O)c1ccc(CNC(=O)C(N)C2CCOCC2)cc1. The second-order valence-corrected chi connectivity index (χ2v) is 8.95. The van der Waals surface area contributed by atoms with Gasteiger partial charge in [0.05, 0.1) is 10.9 Å². The van der Waals surface area contributed by atoms with Crippen LogP contribution in [0.2, 0.25) is 0 Å². The molecule has 1 saturated heterocycles. The van der Waals surface area contributed by atoms with Crippen LogP contribution in [0.4, 0.5) is 0 Å². The highest BCUT2D eigenvalue weighted by Gasteiger charge is 2.26.